The van der Waals surface area contributed by atoms with E-state index in [-0.39, 0.29) is 0 Å². The Labute approximate surface area is 90.8 Å². The van der Waals surface area contributed by atoms with Crippen LogP contribution >= 0.6 is 0 Å². The summed E-state index contributed by atoms with van der Waals surface area (Å²) in [6, 6.07) is 0. The first-order valence-corrected chi connectivity index (χ1v) is 6.49. The van der Waals surface area contributed by atoms with E-state index in [1.165, 1.54) is 57.8 Å². The first kappa shape index (κ1) is 13.7. The van der Waals surface area contributed by atoms with Crippen LogP contribution in [0.2, 0.25) is 0 Å². The van der Waals surface area contributed by atoms with Crippen molar-refractivity contribution < 1.29 is 0 Å². The van der Waals surface area contributed by atoms with Gasteiger partial charge in [0.25, 0.3) is 0 Å². The van der Waals surface area contributed by atoms with Gasteiger partial charge < -0.3 is 0 Å². The average molecular weight is 196 g/mol. The first-order valence-electron chi connectivity index (χ1n) is 6.49. The lowest BCUT2D eigenvalue weighted by atomic mass is 10.0. The zero-order valence-electron chi connectivity index (χ0n) is 10.4. The zero-order chi connectivity index (χ0) is 10.6. The van der Waals surface area contributed by atoms with Crippen LogP contribution in [-0.2, 0) is 0 Å². The lowest BCUT2D eigenvalue weighted by Gasteiger charge is -2.03. The molecule has 0 aromatic heterocycles. The average Bonchev–Trinajstić information content (AvgIpc) is 2.22. The highest BCUT2D eigenvalue weighted by atomic mass is 14.0. The van der Waals surface area contributed by atoms with Crippen molar-refractivity contribution in [2.24, 2.45) is 0 Å². The Hall–Kier alpha value is -0.260. The van der Waals surface area contributed by atoms with Crippen LogP contribution in [0.3, 0.4) is 0 Å². The summed E-state index contributed by atoms with van der Waals surface area (Å²) in [6.07, 6.45) is 14.8. The van der Waals surface area contributed by atoms with Gasteiger partial charge >= 0.3 is 0 Å². The van der Waals surface area contributed by atoms with Crippen molar-refractivity contribution in [2.45, 2.75) is 78.6 Å². The van der Waals surface area contributed by atoms with Crippen molar-refractivity contribution in [3.63, 3.8) is 0 Å². The molecule has 0 aromatic rings. The van der Waals surface area contributed by atoms with Crippen molar-refractivity contribution in [1.82, 2.24) is 0 Å². The third kappa shape index (κ3) is 8.34. The van der Waals surface area contributed by atoms with Gasteiger partial charge in [0.05, 0.1) is 0 Å². The molecule has 0 bridgehead atoms. The van der Waals surface area contributed by atoms with Gasteiger partial charge in [-0.1, -0.05) is 64.0 Å². The van der Waals surface area contributed by atoms with Crippen molar-refractivity contribution in [1.29, 1.82) is 0 Å². The van der Waals surface area contributed by atoms with Gasteiger partial charge in [0.1, 0.15) is 0 Å². The molecule has 0 nitrogen and oxygen atoms in total. The molecule has 0 amide bonds. The lowest BCUT2D eigenvalue weighted by Crippen LogP contribution is -1.83. The summed E-state index contributed by atoms with van der Waals surface area (Å²) in [5.41, 5.74) is 1.64. The summed E-state index contributed by atoms with van der Waals surface area (Å²) in [6.45, 7) is 6.70. The van der Waals surface area contributed by atoms with Crippen LogP contribution in [0.25, 0.3) is 0 Å². The van der Waals surface area contributed by atoms with Crippen molar-refractivity contribution in [3.05, 3.63) is 11.6 Å². The third-order valence-corrected chi connectivity index (χ3v) is 2.96. The van der Waals surface area contributed by atoms with Crippen LogP contribution in [0, 0.1) is 0 Å². The summed E-state index contributed by atoms with van der Waals surface area (Å²) < 4.78 is 0. The molecule has 0 aliphatic rings. The number of hydrogen-bond donors (Lipinski definition) is 0. The smallest absolute Gasteiger partial charge is 0.0321 e. The van der Waals surface area contributed by atoms with E-state index < -0.39 is 0 Å². The Kier molecular flexibility index (Phi) is 10.6. The van der Waals surface area contributed by atoms with E-state index in [1.807, 2.05) is 0 Å². The van der Waals surface area contributed by atoms with Crippen LogP contribution in [-0.4, -0.2) is 0 Å². The van der Waals surface area contributed by atoms with E-state index >= 15 is 0 Å². The maximum absolute atomic E-state index is 2.29. The summed E-state index contributed by atoms with van der Waals surface area (Å²) >= 11 is 0. The van der Waals surface area contributed by atoms with E-state index in [9.17, 15) is 0 Å². The highest BCUT2D eigenvalue weighted by Crippen LogP contribution is 2.14. The van der Waals surface area contributed by atoms with Crippen LogP contribution in [0.5, 0.6) is 0 Å². The largest absolute Gasteiger partial charge is 0.0885 e. The van der Waals surface area contributed by atoms with Gasteiger partial charge in [-0.2, -0.15) is 0 Å². The summed E-state index contributed by atoms with van der Waals surface area (Å²) in [5, 5.41) is 0. The van der Waals surface area contributed by atoms with Crippen LogP contribution in [0.1, 0.15) is 78.6 Å². The van der Waals surface area contributed by atoms with Crippen LogP contribution < -0.4 is 0 Å². The standard InChI is InChI=1S/C14H28/c1-4-7-8-9-10-11-12-13-14(5-2)6-3/h5H,4,6-13H2,1-3H3/b14-5+. The molecule has 0 aromatic carbocycles. The predicted octanol–water partition coefficient (Wildman–Crippen LogP) is 5.48. The van der Waals surface area contributed by atoms with Gasteiger partial charge in [-0.05, 0) is 26.2 Å². The van der Waals surface area contributed by atoms with Gasteiger partial charge in [-0.15, -0.1) is 0 Å². The molecule has 0 atom stereocenters. The van der Waals surface area contributed by atoms with Gasteiger partial charge in [0.15, 0.2) is 0 Å². The zero-order valence-corrected chi connectivity index (χ0v) is 10.4. The van der Waals surface area contributed by atoms with Crippen LogP contribution in [0.15, 0.2) is 11.6 Å². The Bertz CT molecular complexity index is 133. The maximum atomic E-state index is 2.29. The lowest BCUT2D eigenvalue weighted by molar-refractivity contribution is 0.586. The minimum Gasteiger partial charge on any atom is -0.0885 e. The molecular formula is C14H28. The highest BCUT2D eigenvalue weighted by Gasteiger charge is 1.94. The Morgan fingerprint density at radius 2 is 1.43 bits per heavy atom. The molecule has 0 aliphatic carbocycles. The Balaban J connectivity index is 3.13. The van der Waals surface area contributed by atoms with Gasteiger partial charge in [0.2, 0.25) is 0 Å². The quantitative estimate of drug-likeness (QED) is 0.338. The molecule has 0 aliphatic heterocycles. The van der Waals surface area contributed by atoms with Gasteiger partial charge in [0, 0.05) is 0 Å². The van der Waals surface area contributed by atoms with Gasteiger partial charge in [-0.25, -0.2) is 0 Å². The van der Waals surface area contributed by atoms with Crippen molar-refractivity contribution in [3.8, 4) is 0 Å². The number of hydrogen-bond acceptors (Lipinski definition) is 0. The minimum atomic E-state index is 1.24. The summed E-state index contributed by atoms with van der Waals surface area (Å²) in [5.74, 6) is 0. The highest BCUT2D eigenvalue weighted by molar-refractivity contribution is 4.98. The molecule has 0 N–H and O–H groups in total. The fourth-order valence-electron chi connectivity index (χ4n) is 1.83. The van der Waals surface area contributed by atoms with E-state index in [0.717, 1.165) is 0 Å². The molecular weight excluding hydrogens is 168 g/mol. The molecule has 0 unspecified atom stereocenters. The van der Waals surface area contributed by atoms with Crippen molar-refractivity contribution in [2.75, 3.05) is 0 Å². The maximum Gasteiger partial charge on any atom is -0.0321 e. The molecule has 0 fully saturated rings. The van der Waals surface area contributed by atoms with Crippen LogP contribution in [0.4, 0.5) is 0 Å². The van der Waals surface area contributed by atoms with Crippen molar-refractivity contribution >= 4 is 0 Å². The number of rotatable bonds is 9. The predicted molar refractivity (Wildman–Crippen MR) is 66.7 cm³/mol. The fraction of sp³-hybridized carbons (Fsp3) is 0.857. The molecule has 0 heterocycles. The normalized spacial score (nSPS) is 12.1. The molecule has 0 spiro atoms. The fourth-order valence-corrected chi connectivity index (χ4v) is 1.83. The second-order valence-corrected chi connectivity index (χ2v) is 4.17. The van der Waals surface area contributed by atoms with Gasteiger partial charge in [-0.3, -0.25) is 0 Å². The minimum absolute atomic E-state index is 1.24. The number of allylic oxidation sites excluding steroid dienone is 2. The van der Waals surface area contributed by atoms with E-state index in [4.69, 9.17) is 0 Å². The summed E-state index contributed by atoms with van der Waals surface area (Å²) in [7, 11) is 0. The Morgan fingerprint density at radius 1 is 0.857 bits per heavy atom. The number of unbranched alkanes of at least 4 members (excludes halogenated alkanes) is 6. The Morgan fingerprint density at radius 3 is 1.93 bits per heavy atom. The second-order valence-electron chi connectivity index (χ2n) is 4.17. The molecule has 14 heavy (non-hydrogen) atoms. The molecule has 0 radical (unpaired) electrons. The molecule has 0 saturated carbocycles. The SMILES string of the molecule is C/C=C(\CC)CCCCCCCCC. The van der Waals surface area contributed by atoms with E-state index in [0.29, 0.717) is 0 Å². The molecule has 84 valence electrons. The second kappa shape index (κ2) is 10.8. The molecule has 0 rings (SSSR count). The molecule has 0 saturated heterocycles. The summed E-state index contributed by atoms with van der Waals surface area (Å²) in [4.78, 5) is 0. The van der Waals surface area contributed by atoms with E-state index in [1.54, 1.807) is 5.57 Å². The monoisotopic (exact) mass is 196 g/mol. The topological polar surface area (TPSA) is 0 Å². The first-order chi connectivity index (χ1) is 6.85. The third-order valence-electron chi connectivity index (χ3n) is 2.96. The van der Waals surface area contributed by atoms with E-state index in [2.05, 4.69) is 26.8 Å². The molecule has 0 heteroatoms.